The van der Waals surface area contributed by atoms with Gasteiger partial charge in [-0.05, 0) is 57.0 Å². The highest BCUT2D eigenvalue weighted by atomic mass is 32.2. The lowest BCUT2D eigenvalue weighted by Gasteiger charge is -2.34. The van der Waals surface area contributed by atoms with Crippen LogP contribution in [0.25, 0.3) is 0 Å². The highest BCUT2D eigenvalue weighted by Crippen LogP contribution is 2.20. The number of hydrogen-bond donors (Lipinski definition) is 1. The molecule has 2 rings (SSSR count). The Morgan fingerprint density at radius 3 is 2.50 bits per heavy atom. The first-order valence-corrected chi connectivity index (χ1v) is 9.73. The molecule has 0 bridgehead atoms. The van der Waals surface area contributed by atoms with E-state index in [0.717, 1.165) is 30.2 Å². The third-order valence-electron chi connectivity index (χ3n) is 4.63. The van der Waals surface area contributed by atoms with Crippen LogP contribution in [0.1, 0.15) is 26.7 Å². The molecule has 1 fully saturated rings. The number of nitrogens with one attached hydrogen (secondary N) is 1. The standard InChI is InChI=1S/C17H27N3O3S/c1-13-8-10-20(11-9-13)14(2)17(21)18-15-6-5-7-16(12-15)24(22,23)19(3)4/h5-7,12-14H,8-11H2,1-4H3,(H,18,21)/t14-/m0/s1. The van der Waals surface area contributed by atoms with E-state index in [2.05, 4.69) is 17.1 Å². The molecule has 7 heteroatoms. The van der Waals surface area contributed by atoms with Crippen LogP contribution in [-0.2, 0) is 14.8 Å². The number of hydrogen-bond acceptors (Lipinski definition) is 4. The fourth-order valence-electron chi connectivity index (χ4n) is 2.77. The van der Waals surface area contributed by atoms with Gasteiger partial charge >= 0.3 is 0 Å². The zero-order valence-electron chi connectivity index (χ0n) is 14.8. The van der Waals surface area contributed by atoms with Gasteiger partial charge in [-0.2, -0.15) is 0 Å². The molecule has 1 aromatic carbocycles. The number of amides is 1. The molecule has 1 heterocycles. The van der Waals surface area contributed by atoms with E-state index in [1.54, 1.807) is 12.1 Å². The first-order valence-electron chi connectivity index (χ1n) is 8.29. The van der Waals surface area contributed by atoms with Gasteiger partial charge in [-0.1, -0.05) is 13.0 Å². The van der Waals surface area contributed by atoms with E-state index in [1.807, 2.05) is 6.92 Å². The second-order valence-corrected chi connectivity index (χ2v) is 8.85. The van der Waals surface area contributed by atoms with Crippen LogP contribution in [0.3, 0.4) is 0 Å². The number of benzene rings is 1. The van der Waals surface area contributed by atoms with Crippen molar-refractivity contribution in [3.63, 3.8) is 0 Å². The fourth-order valence-corrected chi connectivity index (χ4v) is 3.72. The number of piperidine rings is 1. The van der Waals surface area contributed by atoms with Crippen molar-refractivity contribution in [1.82, 2.24) is 9.21 Å². The summed E-state index contributed by atoms with van der Waals surface area (Å²) in [4.78, 5) is 14.8. The van der Waals surface area contributed by atoms with Gasteiger partial charge in [0.25, 0.3) is 0 Å². The topological polar surface area (TPSA) is 69.7 Å². The van der Waals surface area contributed by atoms with Crippen LogP contribution in [0.4, 0.5) is 5.69 Å². The number of nitrogens with zero attached hydrogens (tertiary/aromatic N) is 2. The predicted molar refractivity (Wildman–Crippen MR) is 95.4 cm³/mol. The number of anilines is 1. The lowest BCUT2D eigenvalue weighted by atomic mass is 9.98. The van der Waals surface area contributed by atoms with Gasteiger partial charge in [0.1, 0.15) is 0 Å². The molecule has 134 valence electrons. The fraction of sp³-hybridized carbons (Fsp3) is 0.588. The minimum atomic E-state index is -3.51. The number of sulfonamides is 1. The number of rotatable bonds is 5. The van der Waals surface area contributed by atoms with Crippen LogP contribution in [0.2, 0.25) is 0 Å². The second-order valence-electron chi connectivity index (χ2n) is 6.70. The summed E-state index contributed by atoms with van der Waals surface area (Å²) in [6, 6.07) is 6.14. The zero-order chi connectivity index (χ0) is 17.9. The van der Waals surface area contributed by atoms with Crippen molar-refractivity contribution < 1.29 is 13.2 Å². The molecule has 1 aliphatic heterocycles. The molecule has 1 atom stereocenters. The SMILES string of the molecule is CC1CCN([C@@H](C)C(=O)Nc2cccc(S(=O)(=O)N(C)C)c2)CC1. The van der Waals surface area contributed by atoms with Gasteiger partial charge in [0.05, 0.1) is 10.9 Å². The molecule has 0 spiro atoms. The van der Waals surface area contributed by atoms with E-state index in [1.165, 1.54) is 26.2 Å². The summed E-state index contributed by atoms with van der Waals surface area (Å²) >= 11 is 0. The van der Waals surface area contributed by atoms with Crippen molar-refractivity contribution in [2.24, 2.45) is 5.92 Å². The molecular weight excluding hydrogens is 326 g/mol. The van der Waals surface area contributed by atoms with Gasteiger partial charge < -0.3 is 5.32 Å². The summed E-state index contributed by atoms with van der Waals surface area (Å²) in [6.07, 6.45) is 2.21. The molecule has 0 aromatic heterocycles. The molecule has 0 unspecified atom stereocenters. The number of likely N-dealkylation sites (tertiary alicyclic amines) is 1. The van der Waals surface area contributed by atoms with E-state index in [0.29, 0.717) is 11.6 Å². The molecule has 0 aliphatic carbocycles. The van der Waals surface area contributed by atoms with Crippen molar-refractivity contribution in [3.8, 4) is 0 Å². The van der Waals surface area contributed by atoms with E-state index < -0.39 is 10.0 Å². The van der Waals surface area contributed by atoms with Crippen LogP contribution >= 0.6 is 0 Å². The molecular formula is C17H27N3O3S. The summed E-state index contributed by atoms with van der Waals surface area (Å²) < 4.78 is 25.5. The van der Waals surface area contributed by atoms with Crippen molar-refractivity contribution in [2.75, 3.05) is 32.5 Å². The van der Waals surface area contributed by atoms with Crippen LogP contribution in [0.5, 0.6) is 0 Å². The summed E-state index contributed by atoms with van der Waals surface area (Å²) in [6.45, 7) is 5.97. The van der Waals surface area contributed by atoms with Crippen molar-refractivity contribution >= 4 is 21.6 Å². The third-order valence-corrected chi connectivity index (χ3v) is 6.44. The summed E-state index contributed by atoms with van der Waals surface area (Å²) in [5.74, 6) is 0.605. The van der Waals surface area contributed by atoms with E-state index in [9.17, 15) is 13.2 Å². The van der Waals surface area contributed by atoms with E-state index in [-0.39, 0.29) is 16.8 Å². The molecule has 0 radical (unpaired) electrons. The highest BCUT2D eigenvalue weighted by molar-refractivity contribution is 7.89. The van der Waals surface area contributed by atoms with Gasteiger partial charge in [-0.25, -0.2) is 12.7 Å². The molecule has 1 N–H and O–H groups in total. The monoisotopic (exact) mass is 353 g/mol. The maximum Gasteiger partial charge on any atom is 0.242 e. The Hall–Kier alpha value is -1.44. The Bertz CT molecular complexity index is 680. The Morgan fingerprint density at radius 2 is 1.92 bits per heavy atom. The first kappa shape index (κ1) is 18.9. The van der Waals surface area contributed by atoms with Gasteiger partial charge in [0, 0.05) is 19.8 Å². The van der Waals surface area contributed by atoms with Gasteiger partial charge in [0.15, 0.2) is 0 Å². The van der Waals surface area contributed by atoms with E-state index >= 15 is 0 Å². The lowest BCUT2D eigenvalue weighted by molar-refractivity contribution is -0.121. The predicted octanol–water partition coefficient (Wildman–Crippen LogP) is 2.00. The Kier molecular flexibility index (Phi) is 6.01. The van der Waals surface area contributed by atoms with Crippen LogP contribution in [-0.4, -0.2) is 56.8 Å². The molecule has 0 saturated carbocycles. The van der Waals surface area contributed by atoms with Crippen molar-refractivity contribution in [1.29, 1.82) is 0 Å². The van der Waals surface area contributed by atoms with Crippen molar-refractivity contribution in [2.45, 2.75) is 37.6 Å². The Balaban J connectivity index is 2.07. The van der Waals surface area contributed by atoms with E-state index in [4.69, 9.17) is 0 Å². The smallest absolute Gasteiger partial charge is 0.242 e. The second kappa shape index (κ2) is 7.63. The molecule has 1 amide bonds. The minimum Gasteiger partial charge on any atom is -0.325 e. The molecule has 1 aromatic rings. The first-order chi connectivity index (χ1) is 11.2. The zero-order valence-corrected chi connectivity index (χ0v) is 15.6. The van der Waals surface area contributed by atoms with Gasteiger partial charge in [-0.15, -0.1) is 0 Å². The van der Waals surface area contributed by atoms with Crippen LogP contribution in [0, 0.1) is 5.92 Å². The number of carbonyl (C=O) groups excluding carboxylic acids is 1. The van der Waals surface area contributed by atoms with Crippen LogP contribution in [0.15, 0.2) is 29.2 Å². The molecule has 24 heavy (non-hydrogen) atoms. The molecule has 6 nitrogen and oxygen atoms in total. The molecule has 1 saturated heterocycles. The third kappa shape index (κ3) is 4.34. The lowest BCUT2D eigenvalue weighted by Crippen LogP contribution is -2.45. The maximum atomic E-state index is 12.5. The molecule has 1 aliphatic rings. The largest absolute Gasteiger partial charge is 0.325 e. The Morgan fingerprint density at radius 1 is 1.29 bits per heavy atom. The number of carbonyl (C=O) groups is 1. The summed E-state index contributed by atoms with van der Waals surface area (Å²) in [5.41, 5.74) is 0.500. The minimum absolute atomic E-state index is 0.107. The van der Waals surface area contributed by atoms with Gasteiger partial charge in [-0.3, -0.25) is 9.69 Å². The quantitative estimate of drug-likeness (QED) is 0.879. The normalized spacial score (nSPS) is 18.5. The van der Waals surface area contributed by atoms with Gasteiger partial charge in [0.2, 0.25) is 15.9 Å². The highest BCUT2D eigenvalue weighted by Gasteiger charge is 2.25. The summed E-state index contributed by atoms with van der Waals surface area (Å²) in [5, 5.41) is 2.84. The van der Waals surface area contributed by atoms with Crippen LogP contribution < -0.4 is 5.32 Å². The summed E-state index contributed by atoms with van der Waals surface area (Å²) in [7, 11) is -0.538. The Labute approximate surface area is 144 Å². The van der Waals surface area contributed by atoms with Crippen molar-refractivity contribution in [3.05, 3.63) is 24.3 Å². The average Bonchev–Trinajstić information content (AvgIpc) is 2.55. The maximum absolute atomic E-state index is 12.5. The average molecular weight is 353 g/mol.